The average molecular weight is 288 g/mol. The normalized spacial score (nSPS) is 20.2. The smallest absolute Gasteiger partial charge is 0.262 e. The molecule has 1 aliphatic heterocycles. The number of hydrogen-bond donors (Lipinski definition) is 2. The Hall–Kier alpha value is -1.55. The van der Waals surface area contributed by atoms with Gasteiger partial charge in [0, 0.05) is 12.1 Å². The van der Waals surface area contributed by atoms with Gasteiger partial charge in [0.05, 0.1) is 5.69 Å². The summed E-state index contributed by atoms with van der Waals surface area (Å²) in [7, 11) is 0. The quantitative estimate of drug-likeness (QED) is 0.845. The number of fused-ring (bicyclic) bond motifs is 1. The lowest BCUT2D eigenvalue weighted by Gasteiger charge is -2.24. The maximum Gasteiger partial charge on any atom is 0.262 e. The number of nitrogens with one attached hydrogen (secondary N) is 2. The molecule has 1 aromatic carbocycles. The summed E-state index contributed by atoms with van der Waals surface area (Å²) in [6.45, 7) is 4.54. The number of carbonyl (C=O) groups is 1. The van der Waals surface area contributed by atoms with Gasteiger partial charge < -0.3 is 15.4 Å². The van der Waals surface area contributed by atoms with Crippen molar-refractivity contribution in [3.8, 4) is 5.75 Å². The Bertz CT molecular complexity index is 526. The third-order valence-electron chi connectivity index (χ3n) is 4.43. The van der Waals surface area contributed by atoms with Crippen molar-refractivity contribution in [1.82, 2.24) is 5.32 Å². The molecule has 0 bridgehead atoms. The van der Waals surface area contributed by atoms with Crippen LogP contribution in [0.5, 0.6) is 5.75 Å². The molecule has 0 saturated heterocycles. The van der Waals surface area contributed by atoms with Crippen molar-refractivity contribution in [2.24, 2.45) is 5.92 Å². The van der Waals surface area contributed by atoms with Gasteiger partial charge in [-0.25, -0.2) is 0 Å². The summed E-state index contributed by atoms with van der Waals surface area (Å²) in [5.74, 6) is 1.61. The van der Waals surface area contributed by atoms with Crippen molar-refractivity contribution in [2.45, 2.75) is 51.6 Å². The van der Waals surface area contributed by atoms with E-state index >= 15 is 0 Å². The first-order valence-corrected chi connectivity index (χ1v) is 7.98. The minimum absolute atomic E-state index is 0.0829. The molecule has 1 aliphatic carbocycles. The molecular formula is C17H24N2O2. The Kier molecular flexibility index (Phi) is 4.15. The summed E-state index contributed by atoms with van der Waals surface area (Å²) in [6.07, 6.45) is 5.24. The summed E-state index contributed by atoms with van der Waals surface area (Å²) >= 11 is 0. The van der Waals surface area contributed by atoms with Crippen LogP contribution in [0.1, 0.15) is 51.1 Å². The zero-order valence-electron chi connectivity index (χ0n) is 12.8. The highest BCUT2D eigenvalue weighted by Crippen LogP contribution is 2.35. The highest BCUT2D eigenvalue weighted by molar-refractivity contribution is 5.95. The van der Waals surface area contributed by atoms with Crippen molar-refractivity contribution >= 4 is 11.6 Å². The Morgan fingerprint density at radius 2 is 2.24 bits per heavy atom. The van der Waals surface area contributed by atoms with E-state index in [1.165, 1.54) is 24.8 Å². The largest absolute Gasteiger partial charge is 0.482 e. The van der Waals surface area contributed by atoms with Gasteiger partial charge in [0.1, 0.15) is 5.75 Å². The maximum absolute atomic E-state index is 11.4. The van der Waals surface area contributed by atoms with Gasteiger partial charge in [-0.1, -0.05) is 25.8 Å². The lowest BCUT2D eigenvalue weighted by atomic mass is 10.0. The number of benzene rings is 1. The topological polar surface area (TPSA) is 50.4 Å². The Morgan fingerprint density at radius 3 is 2.95 bits per heavy atom. The van der Waals surface area contributed by atoms with Gasteiger partial charge in [-0.3, -0.25) is 4.79 Å². The zero-order valence-corrected chi connectivity index (χ0v) is 12.8. The van der Waals surface area contributed by atoms with Crippen LogP contribution in [0.2, 0.25) is 0 Å². The highest BCUT2D eigenvalue weighted by Gasteiger charge is 2.25. The van der Waals surface area contributed by atoms with E-state index in [-0.39, 0.29) is 18.6 Å². The van der Waals surface area contributed by atoms with Crippen LogP contribution in [0.15, 0.2) is 18.2 Å². The number of amides is 1. The Morgan fingerprint density at radius 1 is 1.43 bits per heavy atom. The maximum atomic E-state index is 11.4. The van der Waals surface area contributed by atoms with Gasteiger partial charge in [0.2, 0.25) is 0 Å². The predicted molar refractivity (Wildman–Crippen MR) is 83.5 cm³/mol. The first-order valence-electron chi connectivity index (χ1n) is 7.98. The number of rotatable bonds is 6. The molecule has 4 heteroatoms. The molecule has 2 aliphatic rings. The monoisotopic (exact) mass is 288 g/mol. The molecule has 1 amide bonds. The molecular weight excluding hydrogens is 264 g/mol. The van der Waals surface area contributed by atoms with E-state index in [2.05, 4.69) is 30.5 Å². The lowest BCUT2D eigenvalue weighted by Crippen LogP contribution is -2.31. The van der Waals surface area contributed by atoms with Crippen molar-refractivity contribution in [2.75, 3.05) is 11.9 Å². The third-order valence-corrected chi connectivity index (χ3v) is 4.43. The molecule has 1 fully saturated rings. The van der Waals surface area contributed by atoms with E-state index < -0.39 is 0 Å². The van der Waals surface area contributed by atoms with Crippen LogP contribution in [0.4, 0.5) is 5.69 Å². The number of hydrogen-bond acceptors (Lipinski definition) is 3. The van der Waals surface area contributed by atoms with E-state index in [9.17, 15) is 4.79 Å². The summed E-state index contributed by atoms with van der Waals surface area (Å²) in [6, 6.07) is 6.91. The molecule has 4 nitrogen and oxygen atoms in total. The first kappa shape index (κ1) is 14.4. The average Bonchev–Trinajstić information content (AvgIpc) is 3.29. The zero-order chi connectivity index (χ0) is 14.8. The molecule has 3 rings (SSSR count). The summed E-state index contributed by atoms with van der Waals surface area (Å²) in [5, 5.41) is 6.59. The fourth-order valence-corrected chi connectivity index (χ4v) is 2.93. The van der Waals surface area contributed by atoms with E-state index in [1.807, 2.05) is 12.1 Å². The molecule has 1 aromatic rings. The number of carbonyl (C=O) groups excluding carboxylic acids is 1. The summed E-state index contributed by atoms with van der Waals surface area (Å²) in [5.41, 5.74) is 1.97. The number of ether oxygens (including phenoxy) is 1. The van der Waals surface area contributed by atoms with Crippen molar-refractivity contribution in [3.63, 3.8) is 0 Å². The van der Waals surface area contributed by atoms with Crippen LogP contribution in [-0.4, -0.2) is 18.6 Å². The fourth-order valence-electron chi connectivity index (χ4n) is 2.93. The van der Waals surface area contributed by atoms with Gasteiger partial charge in [-0.15, -0.1) is 0 Å². The van der Waals surface area contributed by atoms with Crippen LogP contribution in [0.25, 0.3) is 0 Å². The second-order valence-corrected chi connectivity index (χ2v) is 6.27. The van der Waals surface area contributed by atoms with Gasteiger partial charge in [0.15, 0.2) is 6.61 Å². The van der Waals surface area contributed by atoms with Crippen LogP contribution in [-0.2, 0) is 4.79 Å². The third kappa shape index (κ3) is 3.56. The van der Waals surface area contributed by atoms with Crippen LogP contribution < -0.4 is 15.4 Å². The first-order chi connectivity index (χ1) is 10.2. The predicted octanol–water partition coefficient (Wildman–Crippen LogP) is 3.25. The van der Waals surface area contributed by atoms with Gasteiger partial charge in [-0.2, -0.15) is 0 Å². The van der Waals surface area contributed by atoms with Crippen molar-refractivity contribution in [3.05, 3.63) is 23.8 Å². The molecule has 0 spiro atoms. The van der Waals surface area contributed by atoms with E-state index in [4.69, 9.17) is 4.74 Å². The molecule has 1 saturated carbocycles. The minimum atomic E-state index is -0.0829. The summed E-state index contributed by atoms with van der Waals surface area (Å²) < 4.78 is 5.40. The van der Waals surface area contributed by atoms with Crippen molar-refractivity contribution < 1.29 is 9.53 Å². The number of anilines is 1. The second-order valence-electron chi connectivity index (χ2n) is 6.27. The standard InChI is InChI=1S/C17H24N2O2/c1-3-14(8-12-4-5-12)18-11(2)13-6-7-16-15(9-13)19-17(20)10-21-16/h6-7,9,11-12,14,18H,3-5,8,10H2,1-2H3,(H,19,20). The van der Waals surface area contributed by atoms with E-state index in [0.717, 1.165) is 23.8 Å². The SMILES string of the molecule is CCC(CC1CC1)NC(C)c1ccc2c(c1)NC(=O)CO2. The van der Waals surface area contributed by atoms with E-state index in [1.54, 1.807) is 0 Å². The van der Waals surface area contributed by atoms with Gasteiger partial charge in [0.25, 0.3) is 5.91 Å². The van der Waals surface area contributed by atoms with E-state index in [0.29, 0.717) is 6.04 Å². The summed E-state index contributed by atoms with van der Waals surface area (Å²) in [4.78, 5) is 11.4. The lowest BCUT2D eigenvalue weighted by molar-refractivity contribution is -0.118. The Balaban J connectivity index is 1.67. The molecule has 0 aromatic heterocycles. The molecule has 0 radical (unpaired) electrons. The molecule has 114 valence electrons. The van der Waals surface area contributed by atoms with Crippen LogP contribution in [0, 0.1) is 5.92 Å². The highest BCUT2D eigenvalue weighted by atomic mass is 16.5. The van der Waals surface area contributed by atoms with Crippen LogP contribution in [0.3, 0.4) is 0 Å². The van der Waals surface area contributed by atoms with Gasteiger partial charge in [-0.05, 0) is 43.4 Å². The van der Waals surface area contributed by atoms with Gasteiger partial charge >= 0.3 is 0 Å². The second kappa shape index (κ2) is 6.06. The van der Waals surface area contributed by atoms with Crippen LogP contribution >= 0.6 is 0 Å². The molecule has 2 atom stereocenters. The van der Waals surface area contributed by atoms with Crippen molar-refractivity contribution in [1.29, 1.82) is 0 Å². The molecule has 21 heavy (non-hydrogen) atoms. The fraction of sp³-hybridized carbons (Fsp3) is 0.588. The molecule has 1 heterocycles. The minimum Gasteiger partial charge on any atom is -0.482 e. The molecule has 2 unspecified atom stereocenters. The Labute approximate surface area is 126 Å². The molecule has 2 N–H and O–H groups in total.